The molecular formula is C31H34Cl2N2O3. The lowest BCUT2D eigenvalue weighted by Crippen LogP contribution is -2.53. The van der Waals surface area contributed by atoms with Crippen LogP contribution >= 0.6 is 23.2 Å². The molecule has 1 fully saturated rings. The number of aryl methyl sites for hydroxylation is 2. The Morgan fingerprint density at radius 3 is 2.21 bits per heavy atom. The molecule has 4 rings (SSSR count). The van der Waals surface area contributed by atoms with E-state index in [4.69, 9.17) is 27.9 Å². The lowest BCUT2D eigenvalue weighted by molar-refractivity contribution is -0.143. The van der Waals surface area contributed by atoms with Crippen molar-refractivity contribution in [3.8, 4) is 5.75 Å². The summed E-state index contributed by atoms with van der Waals surface area (Å²) in [6.07, 6.45) is 4.55. The number of halogens is 2. The second-order valence-corrected chi connectivity index (χ2v) is 10.8. The van der Waals surface area contributed by atoms with Gasteiger partial charge in [-0.2, -0.15) is 0 Å². The highest BCUT2D eigenvalue weighted by Gasteiger charge is 2.32. The Bertz CT molecular complexity index is 1220. The molecule has 2 amide bonds. The van der Waals surface area contributed by atoms with Crippen molar-refractivity contribution in [1.82, 2.24) is 10.2 Å². The molecule has 7 heteroatoms. The summed E-state index contributed by atoms with van der Waals surface area (Å²) in [5.74, 6) is 0.160. The average Bonchev–Trinajstić information content (AvgIpc) is 3.42. The fourth-order valence-electron chi connectivity index (χ4n) is 4.93. The van der Waals surface area contributed by atoms with Crippen LogP contribution in [0.2, 0.25) is 10.0 Å². The molecule has 0 unspecified atom stereocenters. The Morgan fingerprint density at radius 1 is 0.947 bits per heavy atom. The van der Waals surface area contributed by atoms with Gasteiger partial charge in [-0.1, -0.05) is 78.5 Å². The minimum absolute atomic E-state index is 0.138. The van der Waals surface area contributed by atoms with Crippen LogP contribution in [0.4, 0.5) is 0 Å². The maximum atomic E-state index is 13.8. The van der Waals surface area contributed by atoms with Crippen LogP contribution < -0.4 is 10.1 Å². The highest BCUT2D eigenvalue weighted by atomic mass is 35.5. The van der Waals surface area contributed by atoms with Crippen molar-refractivity contribution in [1.29, 1.82) is 0 Å². The number of nitrogens with one attached hydrogen (secondary N) is 1. The van der Waals surface area contributed by atoms with E-state index < -0.39 is 6.04 Å². The Hall–Kier alpha value is -3.02. The summed E-state index contributed by atoms with van der Waals surface area (Å²) >= 11 is 12.4. The summed E-state index contributed by atoms with van der Waals surface area (Å²) in [6.45, 7) is 3.87. The number of carbonyl (C=O) groups excluding carboxylic acids is 2. The fraction of sp³-hybridized carbons (Fsp3) is 0.355. The Morgan fingerprint density at radius 2 is 1.58 bits per heavy atom. The van der Waals surface area contributed by atoms with Crippen molar-refractivity contribution >= 4 is 35.0 Å². The number of nitrogens with zero attached hydrogens (tertiary/aromatic N) is 1. The van der Waals surface area contributed by atoms with Crippen LogP contribution in [0.1, 0.15) is 47.9 Å². The molecule has 1 aliphatic carbocycles. The third-order valence-electron chi connectivity index (χ3n) is 7.01. The minimum Gasteiger partial charge on any atom is -0.484 e. The summed E-state index contributed by atoms with van der Waals surface area (Å²) in [6, 6.07) is 20.2. The molecule has 0 heterocycles. The third-order valence-corrected chi connectivity index (χ3v) is 7.86. The summed E-state index contributed by atoms with van der Waals surface area (Å²) in [7, 11) is 0. The zero-order valence-electron chi connectivity index (χ0n) is 21.9. The molecule has 5 nitrogen and oxygen atoms in total. The van der Waals surface area contributed by atoms with Crippen LogP contribution in [0, 0.1) is 13.8 Å². The molecule has 0 aromatic heterocycles. The van der Waals surface area contributed by atoms with Gasteiger partial charge in [0.1, 0.15) is 11.8 Å². The molecule has 0 radical (unpaired) electrons. The van der Waals surface area contributed by atoms with Gasteiger partial charge in [0, 0.05) is 29.1 Å². The van der Waals surface area contributed by atoms with Crippen molar-refractivity contribution in [3.63, 3.8) is 0 Å². The summed E-state index contributed by atoms with van der Waals surface area (Å²) < 4.78 is 5.93. The lowest BCUT2D eigenvalue weighted by atomic mass is 10.0. The van der Waals surface area contributed by atoms with E-state index >= 15 is 0 Å². The number of hydrogen-bond acceptors (Lipinski definition) is 3. The first-order valence-corrected chi connectivity index (χ1v) is 13.8. The average molecular weight is 554 g/mol. The standard InChI is InChI=1S/C31H34Cl2N2O3/c1-21-16-27(17-22(2)30(21)33)38-20-29(36)35(19-24-12-14-25(32)15-13-24)28(18-23-8-4-3-5-9-23)31(37)34-26-10-6-7-11-26/h3-5,8-9,12-17,26,28H,6-7,10-11,18-20H2,1-2H3,(H,34,37)/t28-/m1/s1. The zero-order chi connectivity index (χ0) is 27.1. The first kappa shape index (κ1) is 28.0. The Labute approximate surface area is 235 Å². The Balaban J connectivity index is 1.61. The van der Waals surface area contributed by atoms with Gasteiger partial charge in [-0.05, 0) is 73.2 Å². The molecular weight excluding hydrogens is 519 g/mol. The first-order chi connectivity index (χ1) is 18.3. The molecule has 3 aromatic carbocycles. The minimum atomic E-state index is -0.696. The van der Waals surface area contributed by atoms with Crippen molar-refractivity contribution in [3.05, 3.63) is 99.0 Å². The number of ether oxygens (including phenoxy) is 1. The molecule has 0 aliphatic heterocycles. The fourth-order valence-corrected chi connectivity index (χ4v) is 5.16. The summed E-state index contributed by atoms with van der Waals surface area (Å²) in [5, 5.41) is 4.51. The maximum absolute atomic E-state index is 13.8. The van der Waals surface area contributed by atoms with E-state index in [9.17, 15) is 9.59 Å². The van der Waals surface area contributed by atoms with Crippen molar-refractivity contribution in [2.75, 3.05) is 6.61 Å². The van der Waals surface area contributed by atoms with E-state index in [2.05, 4.69) is 5.32 Å². The van der Waals surface area contributed by atoms with Gasteiger partial charge >= 0.3 is 0 Å². The molecule has 1 saturated carbocycles. The number of amides is 2. The molecule has 1 atom stereocenters. The van der Waals surface area contributed by atoms with Gasteiger partial charge in [0.2, 0.25) is 5.91 Å². The maximum Gasteiger partial charge on any atom is 0.261 e. The number of benzene rings is 3. The van der Waals surface area contributed by atoms with Gasteiger partial charge in [-0.3, -0.25) is 9.59 Å². The van der Waals surface area contributed by atoms with E-state index in [1.165, 1.54) is 0 Å². The normalized spacial score (nSPS) is 14.2. The molecule has 1 aliphatic rings. The van der Waals surface area contributed by atoms with E-state index in [1.54, 1.807) is 17.0 Å². The zero-order valence-corrected chi connectivity index (χ0v) is 23.4. The van der Waals surface area contributed by atoms with Crippen LogP contribution in [0.3, 0.4) is 0 Å². The van der Waals surface area contributed by atoms with Gasteiger partial charge in [-0.25, -0.2) is 0 Å². The Kier molecular flexibility index (Phi) is 9.70. The molecule has 1 N–H and O–H groups in total. The summed E-state index contributed by atoms with van der Waals surface area (Å²) in [5.41, 5.74) is 3.63. The molecule has 3 aromatic rings. The largest absolute Gasteiger partial charge is 0.484 e. The van der Waals surface area contributed by atoms with Gasteiger partial charge in [0.15, 0.2) is 6.61 Å². The smallest absolute Gasteiger partial charge is 0.261 e. The van der Waals surface area contributed by atoms with E-state index in [1.807, 2.05) is 68.4 Å². The molecule has 200 valence electrons. The monoisotopic (exact) mass is 552 g/mol. The first-order valence-electron chi connectivity index (χ1n) is 13.1. The predicted molar refractivity (Wildman–Crippen MR) is 153 cm³/mol. The van der Waals surface area contributed by atoms with Gasteiger partial charge < -0.3 is 15.0 Å². The molecule has 38 heavy (non-hydrogen) atoms. The van der Waals surface area contributed by atoms with Crippen molar-refractivity contribution < 1.29 is 14.3 Å². The van der Waals surface area contributed by atoms with Crippen LogP contribution in [0.25, 0.3) is 0 Å². The van der Waals surface area contributed by atoms with Gasteiger partial charge in [0.05, 0.1) is 0 Å². The van der Waals surface area contributed by atoms with Crippen molar-refractivity contribution in [2.24, 2.45) is 0 Å². The quantitative estimate of drug-likeness (QED) is 0.305. The third kappa shape index (κ3) is 7.52. The number of rotatable bonds is 10. The topological polar surface area (TPSA) is 58.6 Å². The van der Waals surface area contributed by atoms with Gasteiger partial charge in [-0.15, -0.1) is 0 Å². The SMILES string of the molecule is Cc1cc(OCC(=O)N(Cc2ccc(Cl)cc2)[C@H](Cc2ccccc2)C(=O)NC2CCCC2)cc(C)c1Cl. The van der Waals surface area contributed by atoms with E-state index in [0.717, 1.165) is 47.9 Å². The molecule has 0 spiro atoms. The number of carbonyl (C=O) groups is 2. The highest BCUT2D eigenvalue weighted by molar-refractivity contribution is 6.32. The highest BCUT2D eigenvalue weighted by Crippen LogP contribution is 2.26. The van der Waals surface area contributed by atoms with E-state index in [0.29, 0.717) is 22.2 Å². The van der Waals surface area contributed by atoms with Crippen LogP contribution in [0.15, 0.2) is 66.7 Å². The molecule has 0 bridgehead atoms. The van der Waals surface area contributed by atoms with Crippen LogP contribution in [-0.2, 0) is 22.6 Å². The number of hydrogen-bond donors (Lipinski definition) is 1. The molecule has 0 saturated heterocycles. The summed E-state index contributed by atoms with van der Waals surface area (Å²) in [4.78, 5) is 29.1. The van der Waals surface area contributed by atoms with E-state index in [-0.39, 0.29) is 31.0 Å². The predicted octanol–water partition coefficient (Wildman–Crippen LogP) is 6.69. The van der Waals surface area contributed by atoms with Crippen molar-refractivity contribution in [2.45, 2.75) is 64.6 Å². The van der Waals surface area contributed by atoms with Crippen LogP contribution in [0.5, 0.6) is 5.75 Å². The van der Waals surface area contributed by atoms with Gasteiger partial charge in [0.25, 0.3) is 5.91 Å². The second-order valence-electron chi connectivity index (χ2n) is 10.0. The lowest BCUT2D eigenvalue weighted by Gasteiger charge is -2.32. The van der Waals surface area contributed by atoms with Crippen LogP contribution in [-0.4, -0.2) is 35.4 Å². The second kappa shape index (κ2) is 13.2.